The van der Waals surface area contributed by atoms with Gasteiger partial charge in [-0.15, -0.1) is 0 Å². The van der Waals surface area contributed by atoms with Crippen molar-refractivity contribution in [2.75, 3.05) is 6.61 Å². The molecule has 18 heavy (non-hydrogen) atoms. The lowest BCUT2D eigenvalue weighted by molar-refractivity contribution is 0.262. The number of rotatable bonds is 5. The highest BCUT2D eigenvalue weighted by atomic mass is 19.1. The molecule has 1 aromatic carbocycles. The number of hydrogen-bond acceptors (Lipinski definition) is 3. The van der Waals surface area contributed by atoms with E-state index in [4.69, 9.17) is 9.84 Å². The summed E-state index contributed by atoms with van der Waals surface area (Å²) in [6.45, 7) is 0.193. The lowest BCUT2D eigenvalue weighted by Gasteiger charge is -2.10. The average molecular weight is 250 g/mol. The van der Waals surface area contributed by atoms with Gasteiger partial charge in [-0.1, -0.05) is 0 Å². The van der Waals surface area contributed by atoms with Crippen LogP contribution in [0.5, 0.6) is 5.75 Å². The number of hydrogen-bond donors (Lipinski definition) is 1. The lowest BCUT2D eigenvalue weighted by Crippen LogP contribution is -2.07. The van der Waals surface area contributed by atoms with Crippen molar-refractivity contribution in [3.63, 3.8) is 0 Å². The van der Waals surface area contributed by atoms with E-state index in [9.17, 15) is 4.39 Å². The largest absolute Gasteiger partial charge is 0.493 e. The molecule has 1 heterocycles. The summed E-state index contributed by atoms with van der Waals surface area (Å²) in [6, 6.07) is 4.12. The Kier molecular flexibility index (Phi) is 3.94. The zero-order chi connectivity index (χ0) is 13.0. The second-order valence-electron chi connectivity index (χ2n) is 3.96. The Balaban J connectivity index is 1.96. The van der Waals surface area contributed by atoms with Gasteiger partial charge in [-0.3, -0.25) is 0 Å². The fourth-order valence-electron chi connectivity index (χ4n) is 1.70. The van der Waals surface area contributed by atoms with E-state index in [1.807, 2.05) is 17.8 Å². The molecule has 4 nitrogen and oxygen atoms in total. The van der Waals surface area contributed by atoms with Crippen molar-refractivity contribution in [2.24, 2.45) is 7.05 Å². The van der Waals surface area contributed by atoms with Gasteiger partial charge in [0.25, 0.3) is 0 Å². The van der Waals surface area contributed by atoms with E-state index in [0.29, 0.717) is 24.3 Å². The fraction of sp³-hybridized carbons (Fsp3) is 0.308. The molecule has 0 amide bonds. The highest BCUT2D eigenvalue weighted by Gasteiger charge is 2.05. The smallest absolute Gasteiger partial charge is 0.125 e. The van der Waals surface area contributed by atoms with Crippen molar-refractivity contribution in [2.45, 2.75) is 13.0 Å². The van der Waals surface area contributed by atoms with Crippen molar-refractivity contribution in [3.05, 3.63) is 47.8 Å². The Hall–Kier alpha value is -1.88. The Labute approximate surface area is 105 Å². The molecule has 2 aromatic rings. The number of ether oxygens (including phenoxy) is 1. The van der Waals surface area contributed by atoms with Gasteiger partial charge in [0.1, 0.15) is 17.4 Å². The first-order chi connectivity index (χ1) is 8.70. The van der Waals surface area contributed by atoms with E-state index in [-0.39, 0.29) is 12.4 Å². The predicted molar refractivity (Wildman–Crippen MR) is 64.7 cm³/mol. The molecule has 5 heteroatoms. The number of imidazole rings is 1. The van der Waals surface area contributed by atoms with Gasteiger partial charge >= 0.3 is 0 Å². The third kappa shape index (κ3) is 2.87. The van der Waals surface area contributed by atoms with Crippen LogP contribution < -0.4 is 4.74 Å². The Bertz CT molecular complexity index is 525. The molecule has 0 aliphatic heterocycles. The van der Waals surface area contributed by atoms with E-state index < -0.39 is 0 Å². The third-order valence-electron chi connectivity index (χ3n) is 2.70. The molecule has 96 valence electrons. The molecular weight excluding hydrogens is 235 g/mol. The van der Waals surface area contributed by atoms with E-state index in [1.54, 1.807) is 6.20 Å². The van der Waals surface area contributed by atoms with Gasteiger partial charge < -0.3 is 14.4 Å². The number of aliphatic hydroxyl groups is 1. The SMILES string of the molecule is Cn1ccnc1CCOc1ccc(F)cc1CO. The minimum absolute atomic E-state index is 0.241. The number of aryl methyl sites for hydroxylation is 1. The Morgan fingerprint density at radius 1 is 1.44 bits per heavy atom. The molecule has 1 N–H and O–H groups in total. The lowest BCUT2D eigenvalue weighted by atomic mass is 10.2. The molecule has 1 aromatic heterocycles. The standard InChI is InChI=1S/C13H15FN2O2/c1-16-6-5-15-13(16)4-7-18-12-3-2-11(14)8-10(12)9-17/h2-3,5-6,8,17H,4,7,9H2,1H3. The summed E-state index contributed by atoms with van der Waals surface area (Å²) in [6.07, 6.45) is 4.25. The first kappa shape index (κ1) is 12.6. The zero-order valence-electron chi connectivity index (χ0n) is 10.1. The van der Waals surface area contributed by atoms with Crippen LogP contribution in [0.2, 0.25) is 0 Å². The summed E-state index contributed by atoms with van der Waals surface area (Å²) < 4.78 is 20.4. The highest BCUT2D eigenvalue weighted by Crippen LogP contribution is 2.19. The number of halogens is 1. The predicted octanol–water partition coefficient (Wildman–Crippen LogP) is 1.67. The molecule has 0 bridgehead atoms. The topological polar surface area (TPSA) is 47.3 Å². The van der Waals surface area contributed by atoms with Gasteiger partial charge in [0, 0.05) is 31.4 Å². The molecular formula is C13H15FN2O2. The van der Waals surface area contributed by atoms with Gasteiger partial charge in [0.2, 0.25) is 0 Å². The third-order valence-corrected chi connectivity index (χ3v) is 2.70. The fourth-order valence-corrected chi connectivity index (χ4v) is 1.70. The summed E-state index contributed by atoms with van der Waals surface area (Å²) in [7, 11) is 1.92. The minimum atomic E-state index is -0.379. The van der Waals surface area contributed by atoms with Crippen LogP contribution in [0.3, 0.4) is 0 Å². The van der Waals surface area contributed by atoms with Crippen molar-refractivity contribution in [1.29, 1.82) is 0 Å². The van der Waals surface area contributed by atoms with Crippen LogP contribution >= 0.6 is 0 Å². The normalized spacial score (nSPS) is 10.6. The molecule has 0 aliphatic carbocycles. The maximum Gasteiger partial charge on any atom is 0.125 e. The van der Waals surface area contributed by atoms with Gasteiger partial charge in [-0.05, 0) is 18.2 Å². The van der Waals surface area contributed by atoms with Crippen LogP contribution in [0.15, 0.2) is 30.6 Å². The monoisotopic (exact) mass is 250 g/mol. The number of aromatic nitrogens is 2. The minimum Gasteiger partial charge on any atom is -0.493 e. The van der Waals surface area contributed by atoms with Gasteiger partial charge in [0.15, 0.2) is 0 Å². The summed E-state index contributed by atoms with van der Waals surface area (Å²) in [4.78, 5) is 4.18. The first-order valence-corrected chi connectivity index (χ1v) is 5.69. The molecule has 0 aliphatic rings. The molecule has 0 unspecified atom stereocenters. The van der Waals surface area contributed by atoms with E-state index in [2.05, 4.69) is 4.98 Å². The number of benzene rings is 1. The van der Waals surface area contributed by atoms with Crippen molar-refractivity contribution in [3.8, 4) is 5.75 Å². The summed E-state index contributed by atoms with van der Waals surface area (Å²) in [5, 5.41) is 9.11. The second kappa shape index (κ2) is 5.64. The van der Waals surface area contributed by atoms with Crippen molar-refractivity contribution < 1.29 is 14.2 Å². The molecule has 2 rings (SSSR count). The second-order valence-corrected chi connectivity index (χ2v) is 3.96. The van der Waals surface area contributed by atoms with Crippen LogP contribution in [0.4, 0.5) is 4.39 Å². The maximum atomic E-state index is 13.0. The maximum absolute atomic E-state index is 13.0. The average Bonchev–Trinajstić information content (AvgIpc) is 2.77. The van der Waals surface area contributed by atoms with Gasteiger partial charge in [0.05, 0.1) is 13.2 Å². The quantitative estimate of drug-likeness (QED) is 0.878. The van der Waals surface area contributed by atoms with Gasteiger partial charge in [-0.25, -0.2) is 9.37 Å². The van der Waals surface area contributed by atoms with E-state index in [1.165, 1.54) is 18.2 Å². The van der Waals surface area contributed by atoms with Crippen molar-refractivity contribution in [1.82, 2.24) is 9.55 Å². The summed E-state index contributed by atoms with van der Waals surface area (Å²) >= 11 is 0. The first-order valence-electron chi connectivity index (χ1n) is 5.69. The molecule has 0 radical (unpaired) electrons. The highest BCUT2D eigenvalue weighted by molar-refractivity contribution is 5.33. The van der Waals surface area contributed by atoms with Crippen LogP contribution in [-0.2, 0) is 20.1 Å². The number of aliphatic hydroxyl groups excluding tert-OH is 1. The zero-order valence-corrected chi connectivity index (χ0v) is 10.1. The Morgan fingerprint density at radius 2 is 2.28 bits per heavy atom. The van der Waals surface area contributed by atoms with E-state index >= 15 is 0 Å². The Morgan fingerprint density at radius 3 is 2.94 bits per heavy atom. The van der Waals surface area contributed by atoms with Crippen LogP contribution in [0.25, 0.3) is 0 Å². The molecule has 0 saturated carbocycles. The summed E-state index contributed by atoms with van der Waals surface area (Å²) in [5.41, 5.74) is 0.454. The molecule has 0 saturated heterocycles. The van der Waals surface area contributed by atoms with Crippen molar-refractivity contribution >= 4 is 0 Å². The number of nitrogens with zero attached hydrogens (tertiary/aromatic N) is 2. The molecule has 0 spiro atoms. The van der Waals surface area contributed by atoms with Crippen LogP contribution in [0, 0.1) is 5.82 Å². The van der Waals surface area contributed by atoms with Gasteiger partial charge in [-0.2, -0.15) is 0 Å². The summed E-state index contributed by atoms with van der Waals surface area (Å²) in [5.74, 6) is 1.05. The van der Waals surface area contributed by atoms with E-state index in [0.717, 1.165) is 5.82 Å². The van der Waals surface area contributed by atoms with Crippen LogP contribution in [-0.4, -0.2) is 21.3 Å². The molecule has 0 atom stereocenters. The molecule has 0 fully saturated rings. The van der Waals surface area contributed by atoms with Crippen LogP contribution in [0.1, 0.15) is 11.4 Å².